The summed E-state index contributed by atoms with van der Waals surface area (Å²) >= 11 is 0. The molecule has 2 nitrogen and oxygen atoms in total. The molecule has 0 spiro atoms. The fourth-order valence-electron chi connectivity index (χ4n) is 2.64. The van der Waals surface area contributed by atoms with Crippen LogP contribution in [0.3, 0.4) is 0 Å². The summed E-state index contributed by atoms with van der Waals surface area (Å²) in [6.07, 6.45) is 5.21. The zero-order chi connectivity index (χ0) is 11.2. The Balaban J connectivity index is 1.81. The molecule has 0 atom stereocenters. The van der Waals surface area contributed by atoms with Gasteiger partial charge in [0.25, 0.3) is 0 Å². The summed E-state index contributed by atoms with van der Waals surface area (Å²) < 4.78 is 0. The van der Waals surface area contributed by atoms with Gasteiger partial charge < -0.3 is 11.1 Å². The standard InChI is InChI=1S/C14H22N2/c15-10-11-16-14-8-6-13(7-9-14)12-4-2-1-3-5-12/h1-5,13-14,16H,6-11,15H2. The average molecular weight is 218 g/mol. The van der Waals surface area contributed by atoms with Crippen LogP contribution in [-0.4, -0.2) is 19.1 Å². The number of rotatable bonds is 4. The Morgan fingerprint density at radius 1 is 1.06 bits per heavy atom. The van der Waals surface area contributed by atoms with E-state index < -0.39 is 0 Å². The number of nitrogens with one attached hydrogen (secondary N) is 1. The molecule has 0 bridgehead atoms. The van der Waals surface area contributed by atoms with Crippen molar-refractivity contribution in [3.8, 4) is 0 Å². The molecule has 2 heteroatoms. The van der Waals surface area contributed by atoms with E-state index in [-0.39, 0.29) is 0 Å². The Morgan fingerprint density at radius 2 is 1.75 bits per heavy atom. The molecule has 1 aromatic rings. The number of benzene rings is 1. The van der Waals surface area contributed by atoms with E-state index in [9.17, 15) is 0 Å². The normalized spacial score (nSPS) is 25.6. The summed E-state index contributed by atoms with van der Waals surface area (Å²) in [4.78, 5) is 0. The predicted molar refractivity (Wildman–Crippen MR) is 68.5 cm³/mol. The SMILES string of the molecule is NCCNC1CCC(c2ccccc2)CC1. The highest BCUT2D eigenvalue weighted by Crippen LogP contribution is 2.32. The van der Waals surface area contributed by atoms with Crippen LogP contribution in [0.15, 0.2) is 30.3 Å². The molecule has 1 saturated carbocycles. The van der Waals surface area contributed by atoms with Crippen LogP contribution in [0.4, 0.5) is 0 Å². The second-order valence-corrected chi connectivity index (χ2v) is 4.70. The number of hydrogen-bond donors (Lipinski definition) is 2. The minimum Gasteiger partial charge on any atom is -0.329 e. The zero-order valence-corrected chi connectivity index (χ0v) is 9.86. The van der Waals surface area contributed by atoms with Crippen LogP contribution < -0.4 is 11.1 Å². The highest BCUT2D eigenvalue weighted by molar-refractivity contribution is 5.20. The maximum atomic E-state index is 5.50. The van der Waals surface area contributed by atoms with E-state index in [1.807, 2.05) is 0 Å². The lowest BCUT2D eigenvalue weighted by Gasteiger charge is -2.29. The first-order valence-corrected chi connectivity index (χ1v) is 6.38. The van der Waals surface area contributed by atoms with Gasteiger partial charge in [0.15, 0.2) is 0 Å². The van der Waals surface area contributed by atoms with Crippen molar-refractivity contribution in [2.45, 2.75) is 37.6 Å². The van der Waals surface area contributed by atoms with Crippen molar-refractivity contribution in [1.82, 2.24) is 5.32 Å². The fraction of sp³-hybridized carbons (Fsp3) is 0.571. The Morgan fingerprint density at radius 3 is 2.38 bits per heavy atom. The summed E-state index contributed by atoms with van der Waals surface area (Å²) in [6.45, 7) is 1.71. The molecule has 0 unspecified atom stereocenters. The maximum absolute atomic E-state index is 5.50. The molecule has 0 aromatic heterocycles. The quantitative estimate of drug-likeness (QED) is 0.813. The summed E-state index contributed by atoms with van der Waals surface area (Å²) in [5.41, 5.74) is 7.02. The van der Waals surface area contributed by atoms with Crippen molar-refractivity contribution in [2.24, 2.45) is 5.73 Å². The van der Waals surface area contributed by atoms with E-state index in [1.165, 1.54) is 31.2 Å². The largest absolute Gasteiger partial charge is 0.329 e. The summed E-state index contributed by atoms with van der Waals surface area (Å²) in [5, 5.41) is 3.52. The third-order valence-electron chi connectivity index (χ3n) is 3.58. The molecule has 0 aliphatic heterocycles. The van der Waals surface area contributed by atoms with Crippen LogP contribution in [0.25, 0.3) is 0 Å². The molecule has 1 aromatic carbocycles. The lowest BCUT2D eigenvalue weighted by Crippen LogP contribution is -2.35. The molecule has 0 radical (unpaired) electrons. The molecule has 0 amide bonds. The average Bonchev–Trinajstić information content (AvgIpc) is 2.38. The van der Waals surface area contributed by atoms with Gasteiger partial charge in [-0.3, -0.25) is 0 Å². The molecule has 1 aliphatic carbocycles. The third-order valence-corrected chi connectivity index (χ3v) is 3.58. The minimum atomic E-state index is 0.698. The second kappa shape index (κ2) is 6.02. The van der Waals surface area contributed by atoms with Crippen LogP contribution in [-0.2, 0) is 0 Å². The van der Waals surface area contributed by atoms with Crippen molar-refractivity contribution in [1.29, 1.82) is 0 Å². The second-order valence-electron chi connectivity index (χ2n) is 4.70. The smallest absolute Gasteiger partial charge is 0.00770 e. The van der Waals surface area contributed by atoms with E-state index in [1.54, 1.807) is 0 Å². The van der Waals surface area contributed by atoms with Crippen LogP contribution in [0.1, 0.15) is 37.2 Å². The lowest BCUT2D eigenvalue weighted by molar-refractivity contribution is 0.345. The zero-order valence-electron chi connectivity index (χ0n) is 9.86. The topological polar surface area (TPSA) is 38.0 Å². The fourth-order valence-corrected chi connectivity index (χ4v) is 2.64. The highest BCUT2D eigenvalue weighted by Gasteiger charge is 2.21. The third kappa shape index (κ3) is 3.06. The van der Waals surface area contributed by atoms with Crippen molar-refractivity contribution in [3.05, 3.63) is 35.9 Å². The van der Waals surface area contributed by atoms with E-state index in [0.717, 1.165) is 19.0 Å². The van der Waals surface area contributed by atoms with Gasteiger partial charge in [-0.25, -0.2) is 0 Å². The summed E-state index contributed by atoms with van der Waals surface area (Å²) in [7, 11) is 0. The van der Waals surface area contributed by atoms with Gasteiger partial charge in [0.05, 0.1) is 0 Å². The predicted octanol–water partition coefficient (Wildman–Crippen LogP) is 2.26. The molecule has 88 valence electrons. The minimum absolute atomic E-state index is 0.698. The van der Waals surface area contributed by atoms with Crippen LogP contribution in [0.5, 0.6) is 0 Å². The molecule has 0 saturated heterocycles. The van der Waals surface area contributed by atoms with Crippen LogP contribution in [0.2, 0.25) is 0 Å². The van der Waals surface area contributed by atoms with Gasteiger partial charge in [0, 0.05) is 19.1 Å². The van der Waals surface area contributed by atoms with Gasteiger partial charge in [-0.15, -0.1) is 0 Å². The van der Waals surface area contributed by atoms with Crippen molar-refractivity contribution in [2.75, 3.05) is 13.1 Å². The van der Waals surface area contributed by atoms with Crippen molar-refractivity contribution < 1.29 is 0 Å². The monoisotopic (exact) mass is 218 g/mol. The highest BCUT2D eigenvalue weighted by atomic mass is 14.9. The Kier molecular flexibility index (Phi) is 4.37. The summed E-state index contributed by atoms with van der Waals surface area (Å²) in [5.74, 6) is 0.775. The van der Waals surface area contributed by atoms with E-state index in [0.29, 0.717) is 6.04 Å². The first kappa shape index (κ1) is 11.6. The Bertz CT molecular complexity index is 289. The first-order valence-electron chi connectivity index (χ1n) is 6.38. The molecular weight excluding hydrogens is 196 g/mol. The van der Waals surface area contributed by atoms with E-state index in [2.05, 4.69) is 35.6 Å². The van der Waals surface area contributed by atoms with Gasteiger partial charge in [-0.1, -0.05) is 30.3 Å². The molecule has 2 rings (SSSR count). The molecule has 1 aliphatic rings. The van der Waals surface area contributed by atoms with Crippen molar-refractivity contribution >= 4 is 0 Å². The van der Waals surface area contributed by atoms with Gasteiger partial charge in [0.1, 0.15) is 0 Å². The molecule has 16 heavy (non-hydrogen) atoms. The number of nitrogens with two attached hydrogens (primary N) is 1. The molecule has 1 fully saturated rings. The van der Waals surface area contributed by atoms with E-state index in [4.69, 9.17) is 5.73 Å². The van der Waals surface area contributed by atoms with Gasteiger partial charge in [-0.05, 0) is 37.2 Å². The molecular formula is C14H22N2. The Labute approximate surface area is 98.2 Å². The van der Waals surface area contributed by atoms with Crippen LogP contribution in [0, 0.1) is 0 Å². The first-order chi connectivity index (χ1) is 7.90. The molecule has 0 heterocycles. The summed E-state index contributed by atoms with van der Waals surface area (Å²) in [6, 6.07) is 11.6. The maximum Gasteiger partial charge on any atom is 0.00770 e. The van der Waals surface area contributed by atoms with Gasteiger partial charge in [-0.2, -0.15) is 0 Å². The number of hydrogen-bond acceptors (Lipinski definition) is 2. The Hall–Kier alpha value is -0.860. The van der Waals surface area contributed by atoms with Gasteiger partial charge >= 0.3 is 0 Å². The van der Waals surface area contributed by atoms with E-state index >= 15 is 0 Å². The van der Waals surface area contributed by atoms with Crippen molar-refractivity contribution in [3.63, 3.8) is 0 Å². The van der Waals surface area contributed by atoms with Gasteiger partial charge in [0.2, 0.25) is 0 Å². The molecule has 3 N–H and O–H groups in total. The lowest BCUT2D eigenvalue weighted by atomic mass is 9.82. The van der Waals surface area contributed by atoms with Crippen LogP contribution >= 0.6 is 0 Å².